The molecule has 0 aromatic carbocycles. The Balaban J connectivity index is 1.77. The molecule has 1 aliphatic heterocycles. The van der Waals surface area contributed by atoms with Crippen molar-refractivity contribution in [1.82, 2.24) is 10.2 Å². The summed E-state index contributed by atoms with van der Waals surface area (Å²) in [5.74, 6) is 0.943. The van der Waals surface area contributed by atoms with Gasteiger partial charge in [-0.1, -0.05) is 13.8 Å². The zero-order valence-corrected chi connectivity index (χ0v) is 12.4. The molecule has 0 radical (unpaired) electrons. The van der Waals surface area contributed by atoms with Crippen molar-refractivity contribution in [1.29, 1.82) is 0 Å². The van der Waals surface area contributed by atoms with E-state index >= 15 is 0 Å². The van der Waals surface area contributed by atoms with Gasteiger partial charge in [-0.3, -0.25) is 9.69 Å². The van der Waals surface area contributed by atoms with E-state index < -0.39 is 0 Å². The summed E-state index contributed by atoms with van der Waals surface area (Å²) in [6.07, 6.45) is 5.41. The zero-order valence-electron chi connectivity index (χ0n) is 12.4. The Morgan fingerprint density at radius 1 is 1.37 bits per heavy atom. The molecule has 19 heavy (non-hydrogen) atoms. The average molecular weight is 267 g/mol. The fourth-order valence-corrected chi connectivity index (χ4v) is 3.78. The van der Waals surface area contributed by atoms with Gasteiger partial charge in [0.15, 0.2) is 0 Å². The predicted octanol–water partition coefficient (Wildman–Crippen LogP) is 1.35. The molecular formula is C15H29N3O. The van der Waals surface area contributed by atoms with Gasteiger partial charge in [-0.05, 0) is 51.1 Å². The van der Waals surface area contributed by atoms with Gasteiger partial charge >= 0.3 is 0 Å². The van der Waals surface area contributed by atoms with Crippen LogP contribution in [0, 0.1) is 11.8 Å². The van der Waals surface area contributed by atoms with Gasteiger partial charge in [0.05, 0.1) is 0 Å². The molecule has 4 heteroatoms. The second kappa shape index (κ2) is 6.71. The molecule has 4 nitrogen and oxygen atoms in total. The van der Waals surface area contributed by atoms with Crippen molar-refractivity contribution < 1.29 is 4.79 Å². The Kier molecular flexibility index (Phi) is 5.22. The third-order valence-electron chi connectivity index (χ3n) is 4.77. The Morgan fingerprint density at radius 3 is 2.84 bits per heavy atom. The van der Waals surface area contributed by atoms with E-state index in [0.29, 0.717) is 12.0 Å². The van der Waals surface area contributed by atoms with Crippen LogP contribution in [-0.4, -0.2) is 42.5 Å². The summed E-state index contributed by atoms with van der Waals surface area (Å²) < 4.78 is 0. The number of likely N-dealkylation sites (tertiary alicyclic amines) is 1. The molecule has 1 saturated carbocycles. The molecule has 0 aromatic heterocycles. The van der Waals surface area contributed by atoms with E-state index in [9.17, 15) is 4.79 Å². The summed E-state index contributed by atoms with van der Waals surface area (Å²) in [5.41, 5.74) is 6.03. The minimum absolute atomic E-state index is 0.134. The van der Waals surface area contributed by atoms with Crippen LogP contribution < -0.4 is 11.1 Å². The Hall–Kier alpha value is -0.610. The topological polar surface area (TPSA) is 58.4 Å². The van der Waals surface area contributed by atoms with Crippen molar-refractivity contribution in [3.05, 3.63) is 0 Å². The van der Waals surface area contributed by atoms with Crippen LogP contribution in [0.4, 0.5) is 0 Å². The van der Waals surface area contributed by atoms with Crippen molar-refractivity contribution in [2.24, 2.45) is 17.6 Å². The molecule has 2 aliphatic rings. The van der Waals surface area contributed by atoms with Gasteiger partial charge in [-0.2, -0.15) is 0 Å². The summed E-state index contributed by atoms with van der Waals surface area (Å²) in [5, 5.41) is 3.16. The predicted molar refractivity (Wildman–Crippen MR) is 77.8 cm³/mol. The van der Waals surface area contributed by atoms with Gasteiger partial charge in [0.2, 0.25) is 5.91 Å². The number of carbonyl (C=O) groups excluding carboxylic acids is 1. The highest BCUT2D eigenvalue weighted by Crippen LogP contribution is 2.28. The number of nitrogens with zero attached hydrogens (tertiary/aromatic N) is 1. The zero-order chi connectivity index (χ0) is 13.8. The lowest BCUT2D eigenvalue weighted by Gasteiger charge is -2.31. The van der Waals surface area contributed by atoms with E-state index in [1.807, 2.05) is 0 Å². The number of nitrogens with one attached hydrogen (secondary N) is 1. The quantitative estimate of drug-likeness (QED) is 0.808. The van der Waals surface area contributed by atoms with Crippen LogP contribution in [0.1, 0.15) is 46.0 Å². The number of amides is 1. The van der Waals surface area contributed by atoms with Gasteiger partial charge < -0.3 is 11.1 Å². The smallest absolute Gasteiger partial charge is 0.223 e. The number of nitrogens with two attached hydrogens (primary N) is 1. The molecular weight excluding hydrogens is 238 g/mol. The molecule has 1 amide bonds. The summed E-state index contributed by atoms with van der Waals surface area (Å²) >= 11 is 0. The highest BCUT2D eigenvalue weighted by atomic mass is 16.1. The first-order valence-corrected chi connectivity index (χ1v) is 7.87. The lowest BCUT2D eigenvalue weighted by molar-refractivity contribution is -0.126. The van der Waals surface area contributed by atoms with E-state index in [1.54, 1.807) is 0 Å². The molecule has 110 valence electrons. The maximum Gasteiger partial charge on any atom is 0.223 e. The van der Waals surface area contributed by atoms with Crippen LogP contribution in [0.3, 0.4) is 0 Å². The first-order valence-electron chi connectivity index (χ1n) is 7.87. The molecule has 1 aliphatic carbocycles. The lowest BCUT2D eigenvalue weighted by atomic mass is 9.79. The Morgan fingerprint density at radius 2 is 2.16 bits per heavy atom. The number of carbonyl (C=O) groups is 1. The first kappa shape index (κ1) is 14.8. The summed E-state index contributed by atoms with van der Waals surface area (Å²) in [4.78, 5) is 14.7. The number of hydrogen-bond acceptors (Lipinski definition) is 3. The standard InChI is InChI=1S/C15H29N3O/c1-3-18-6-4-5-14(18)10-17-15(19)12-7-11(2)8-13(16)9-12/h11-14H,3-10,16H2,1-2H3,(H,17,19). The molecule has 0 aromatic rings. The number of hydrogen-bond donors (Lipinski definition) is 2. The van der Waals surface area contributed by atoms with Crippen molar-refractivity contribution in [3.8, 4) is 0 Å². The minimum Gasteiger partial charge on any atom is -0.354 e. The van der Waals surface area contributed by atoms with Crippen molar-refractivity contribution in [3.63, 3.8) is 0 Å². The van der Waals surface area contributed by atoms with Gasteiger partial charge in [0, 0.05) is 24.5 Å². The lowest BCUT2D eigenvalue weighted by Crippen LogP contribution is -2.44. The van der Waals surface area contributed by atoms with Crippen LogP contribution in [-0.2, 0) is 4.79 Å². The molecule has 0 bridgehead atoms. The molecule has 4 atom stereocenters. The maximum atomic E-state index is 12.3. The normalized spacial score (nSPS) is 36.4. The van der Waals surface area contributed by atoms with E-state index in [2.05, 4.69) is 24.1 Å². The molecule has 1 heterocycles. The second-order valence-electron chi connectivity index (χ2n) is 6.44. The van der Waals surface area contributed by atoms with E-state index in [0.717, 1.165) is 32.4 Å². The molecule has 0 spiro atoms. The number of rotatable bonds is 4. The van der Waals surface area contributed by atoms with Crippen molar-refractivity contribution in [2.45, 2.75) is 58.0 Å². The monoisotopic (exact) mass is 267 g/mol. The van der Waals surface area contributed by atoms with Crippen LogP contribution in [0.2, 0.25) is 0 Å². The van der Waals surface area contributed by atoms with Gasteiger partial charge in [-0.15, -0.1) is 0 Å². The van der Waals surface area contributed by atoms with Crippen LogP contribution in [0.25, 0.3) is 0 Å². The fraction of sp³-hybridized carbons (Fsp3) is 0.933. The third kappa shape index (κ3) is 3.93. The maximum absolute atomic E-state index is 12.3. The Bertz CT molecular complexity index is 298. The molecule has 2 fully saturated rings. The summed E-state index contributed by atoms with van der Waals surface area (Å²) in [6, 6.07) is 0.752. The van der Waals surface area contributed by atoms with E-state index in [-0.39, 0.29) is 17.9 Å². The largest absolute Gasteiger partial charge is 0.354 e. The second-order valence-corrected chi connectivity index (χ2v) is 6.44. The average Bonchev–Trinajstić information content (AvgIpc) is 2.82. The Labute approximate surface area is 117 Å². The molecule has 4 unspecified atom stereocenters. The molecule has 3 N–H and O–H groups in total. The highest BCUT2D eigenvalue weighted by molar-refractivity contribution is 5.78. The number of likely N-dealkylation sites (N-methyl/N-ethyl adjacent to an activating group) is 1. The SMILES string of the molecule is CCN1CCCC1CNC(=O)C1CC(C)CC(N)C1. The fourth-order valence-electron chi connectivity index (χ4n) is 3.78. The van der Waals surface area contributed by atoms with E-state index in [4.69, 9.17) is 5.73 Å². The summed E-state index contributed by atoms with van der Waals surface area (Å²) in [6.45, 7) is 7.48. The van der Waals surface area contributed by atoms with Crippen LogP contribution in [0.15, 0.2) is 0 Å². The highest BCUT2D eigenvalue weighted by Gasteiger charge is 2.30. The third-order valence-corrected chi connectivity index (χ3v) is 4.77. The summed E-state index contributed by atoms with van der Waals surface area (Å²) in [7, 11) is 0. The molecule has 1 saturated heterocycles. The van der Waals surface area contributed by atoms with Crippen molar-refractivity contribution >= 4 is 5.91 Å². The van der Waals surface area contributed by atoms with Gasteiger partial charge in [0.1, 0.15) is 0 Å². The first-order chi connectivity index (χ1) is 9.10. The van der Waals surface area contributed by atoms with Crippen LogP contribution in [0.5, 0.6) is 0 Å². The molecule has 2 rings (SSSR count). The minimum atomic E-state index is 0.134. The van der Waals surface area contributed by atoms with Gasteiger partial charge in [0.25, 0.3) is 0 Å². The van der Waals surface area contributed by atoms with Crippen LogP contribution >= 0.6 is 0 Å². The van der Waals surface area contributed by atoms with Gasteiger partial charge in [-0.25, -0.2) is 0 Å². The van der Waals surface area contributed by atoms with Crippen molar-refractivity contribution in [2.75, 3.05) is 19.6 Å². The van der Waals surface area contributed by atoms with E-state index in [1.165, 1.54) is 19.4 Å².